The van der Waals surface area contributed by atoms with E-state index in [0.717, 1.165) is 0 Å². The number of methoxy groups -OCH3 is 1. The van der Waals surface area contributed by atoms with Crippen LogP contribution in [0.1, 0.15) is 6.42 Å². The van der Waals surface area contributed by atoms with Crippen molar-refractivity contribution in [3.63, 3.8) is 0 Å². The average Bonchev–Trinajstić information content (AvgIpc) is 2.11. The van der Waals surface area contributed by atoms with Crippen LogP contribution in [0.5, 0.6) is 0 Å². The molecule has 15 heavy (non-hydrogen) atoms. The summed E-state index contributed by atoms with van der Waals surface area (Å²) < 4.78 is 40.2. The summed E-state index contributed by atoms with van der Waals surface area (Å²) in [4.78, 5) is 0. The lowest BCUT2D eigenvalue weighted by Crippen LogP contribution is -2.35. The van der Waals surface area contributed by atoms with E-state index in [9.17, 15) is 13.2 Å². The fraction of sp³-hybridized carbons (Fsp3) is 1.00. The first kappa shape index (κ1) is 15.3. The summed E-state index contributed by atoms with van der Waals surface area (Å²) in [5, 5.41) is 2.96. The van der Waals surface area contributed by atoms with Gasteiger partial charge in [-0.05, 0) is 18.2 Å². The standard InChI is InChI=1S/C8H15ClF3NOS/c1-14-6-7(2-3-9)13-4-5-15-8(10,11)12/h7,13H,2-6H2,1H3. The highest BCUT2D eigenvalue weighted by Gasteiger charge is 2.27. The Morgan fingerprint density at radius 3 is 2.60 bits per heavy atom. The molecule has 1 atom stereocenters. The molecule has 0 aromatic rings. The summed E-state index contributed by atoms with van der Waals surface area (Å²) in [5.74, 6) is 0.472. The number of hydrogen-bond acceptors (Lipinski definition) is 3. The van der Waals surface area contributed by atoms with Crippen LogP contribution in [0.15, 0.2) is 0 Å². The predicted molar refractivity (Wildman–Crippen MR) is 57.5 cm³/mol. The summed E-state index contributed by atoms with van der Waals surface area (Å²) >= 11 is 5.51. The molecule has 0 radical (unpaired) electrons. The van der Waals surface area contributed by atoms with Gasteiger partial charge < -0.3 is 10.1 Å². The Labute approximate surface area is 96.9 Å². The van der Waals surface area contributed by atoms with Crippen LogP contribution in [0, 0.1) is 0 Å². The summed E-state index contributed by atoms with van der Waals surface area (Å²) in [6, 6.07) is 0.0290. The minimum atomic E-state index is -4.15. The SMILES string of the molecule is COCC(CCCl)NCCSC(F)(F)F. The van der Waals surface area contributed by atoms with Crippen LogP contribution in [0.3, 0.4) is 0 Å². The molecule has 0 saturated carbocycles. The van der Waals surface area contributed by atoms with Gasteiger partial charge in [-0.25, -0.2) is 0 Å². The van der Waals surface area contributed by atoms with Crippen LogP contribution in [-0.2, 0) is 4.74 Å². The molecule has 0 aliphatic heterocycles. The van der Waals surface area contributed by atoms with Crippen molar-refractivity contribution in [2.24, 2.45) is 0 Å². The van der Waals surface area contributed by atoms with E-state index in [2.05, 4.69) is 5.32 Å². The molecular formula is C8H15ClF3NOS. The van der Waals surface area contributed by atoms with Crippen LogP contribution in [0.2, 0.25) is 0 Å². The van der Waals surface area contributed by atoms with Gasteiger partial charge in [-0.15, -0.1) is 11.6 Å². The third kappa shape index (κ3) is 10.6. The number of alkyl halides is 4. The second-order valence-electron chi connectivity index (χ2n) is 2.88. The Morgan fingerprint density at radius 2 is 2.13 bits per heavy atom. The van der Waals surface area contributed by atoms with Crippen molar-refractivity contribution in [1.82, 2.24) is 5.32 Å². The van der Waals surface area contributed by atoms with Gasteiger partial charge in [-0.3, -0.25) is 0 Å². The molecule has 1 unspecified atom stereocenters. The quantitative estimate of drug-likeness (QED) is 0.538. The van der Waals surface area contributed by atoms with Gasteiger partial charge in [0.2, 0.25) is 0 Å². The van der Waals surface area contributed by atoms with E-state index in [-0.39, 0.29) is 23.6 Å². The first-order valence-corrected chi connectivity index (χ1v) is 6.00. The molecule has 0 bridgehead atoms. The molecular weight excluding hydrogens is 251 g/mol. The highest BCUT2D eigenvalue weighted by molar-refractivity contribution is 8.00. The van der Waals surface area contributed by atoms with Crippen LogP contribution in [-0.4, -0.2) is 43.4 Å². The zero-order valence-corrected chi connectivity index (χ0v) is 10.0. The molecule has 0 heterocycles. The number of ether oxygens (including phenoxy) is 1. The van der Waals surface area contributed by atoms with Gasteiger partial charge in [0.1, 0.15) is 0 Å². The lowest BCUT2D eigenvalue weighted by atomic mass is 10.2. The maximum Gasteiger partial charge on any atom is 0.441 e. The van der Waals surface area contributed by atoms with Gasteiger partial charge in [-0.2, -0.15) is 13.2 Å². The minimum absolute atomic E-state index is 0.00595. The molecule has 92 valence electrons. The third-order valence-electron chi connectivity index (χ3n) is 1.63. The fourth-order valence-corrected chi connectivity index (χ4v) is 1.72. The van der Waals surface area contributed by atoms with Crippen molar-refractivity contribution in [3.8, 4) is 0 Å². The molecule has 0 rings (SSSR count). The molecule has 0 saturated heterocycles. The Hall–Kier alpha value is 0.350. The largest absolute Gasteiger partial charge is 0.441 e. The molecule has 0 aromatic carbocycles. The van der Waals surface area contributed by atoms with Crippen molar-refractivity contribution in [1.29, 1.82) is 0 Å². The Kier molecular flexibility index (Phi) is 8.69. The molecule has 0 aliphatic rings. The van der Waals surface area contributed by atoms with Crippen LogP contribution in [0.25, 0.3) is 0 Å². The molecule has 0 amide bonds. The average molecular weight is 266 g/mol. The van der Waals surface area contributed by atoms with E-state index >= 15 is 0 Å². The van der Waals surface area contributed by atoms with Gasteiger partial charge in [0, 0.05) is 31.3 Å². The Balaban J connectivity index is 3.52. The molecule has 2 nitrogen and oxygen atoms in total. The number of halogens is 4. The van der Waals surface area contributed by atoms with Crippen LogP contribution < -0.4 is 5.32 Å². The maximum atomic E-state index is 11.8. The normalized spacial score (nSPS) is 14.2. The van der Waals surface area contributed by atoms with Crippen LogP contribution in [0.4, 0.5) is 13.2 Å². The number of hydrogen-bond donors (Lipinski definition) is 1. The highest BCUT2D eigenvalue weighted by Crippen LogP contribution is 2.29. The lowest BCUT2D eigenvalue weighted by Gasteiger charge is -2.16. The van der Waals surface area contributed by atoms with Crippen LogP contribution >= 0.6 is 23.4 Å². The zero-order chi connectivity index (χ0) is 11.7. The van der Waals surface area contributed by atoms with Crippen molar-refractivity contribution in [2.75, 3.05) is 31.9 Å². The molecule has 0 aliphatic carbocycles. The van der Waals surface area contributed by atoms with E-state index < -0.39 is 5.51 Å². The maximum absolute atomic E-state index is 11.8. The van der Waals surface area contributed by atoms with Gasteiger partial charge in [0.25, 0.3) is 0 Å². The van der Waals surface area contributed by atoms with Gasteiger partial charge in [-0.1, -0.05) is 0 Å². The second-order valence-corrected chi connectivity index (χ2v) is 4.42. The number of thioether (sulfide) groups is 1. The Morgan fingerprint density at radius 1 is 1.47 bits per heavy atom. The summed E-state index contributed by atoms with van der Waals surface area (Å²) in [5.41, 5.74) is -4.15. The third-order valence-corrected chi connectivity index (χ3v) is 2.58. The topological polar surface area (TPSA) is 21.3 Å². The lowest BCUT2D eigenvalue weighted by molar-refractivity contribution is -0.0327. The monoisotopic (exact) mass is 265 g/mol. The Bertz CT molecular complexity index is 153. The summed E-state index contributed by atoms with van der Waals surface area (Å²) in [6.45, 7) is 0.762. The molecule has 0 fully saturated rings. The van der Waals surface area contributed by atoms with Crippen molar-refractivity contribution >= 4 is 23.4 Å². The summed E-state index contributed by atoms with van der Waals surface area (Å²) in [7, 11) is 1.55. The van der Waals surface area contributed by atoms with Crippen molar-refractivity contribution in [3.05, 3.63) is 0 Å². The minimum Gasteiger partial charge on any atom is -0.383 e. The van der Waals surface area contributed by atoms with E-state index in [1.165, 1.54) is 0 Å². The predicted octanol–water partition coefficient (Wildman–Crippen LogP) is 2.47. The molecule has 0 aromatic heterocycles. The molecule has 7 heteroatoms. The second kappa shape index (κ2) is 8.50. The van der Waals surface area contributed by atoms with E-state index in [1.54, 1.807) is 7.11 Å². The van der Waals surface area contributed by atoms with Gasteiger partial charge in [0.15, 0.2) is 0 Å². The van der Waals surface area contributed by atoms with Gasteiger partial charge >= 0.3 is 5.51 Å². The van der Waals surface area contributed by atoms with E-state index in [1.807, 2.05) is 0 Å². The zero-order valence-electron chi connectivity index (χ0n) is 8.44. The van der Waals surface area contributed by atoms with Crippen molar-refractivity contribution in [2.45, 2.75) is 18.0 Å². The van der Waals surface area contributed by atoms with E-state index in [0.29, 0.717) is 25.5 Å². The summed E-state index contributed by atoms with van der Waals surface area (Å²) in [6.07, 6.45) is 0.687. The number of nitrogens with one attached hydrogen (secondary N) is 1. The molecule has 1 N–H and O–H groups in total. The van der Waals surface area contributed by atoms with Crippen molar-refractivity contribution < 1.29 is 17.9 Å². The van der Waals surface area contributed by atoms with Gasteiger partial charge in [0.05, 0.1) is 6.61 Å². The smallest absolute Gasteiger partial charge is 0.383 e. The fourth-order valence-electron chi connectivity index (χ4n) is 1.01. The first-order valence-electron chi connectivity index (χ1n) is 4.48. The first-order chi connectivity index (χ1) is 6.99. The highest BCUT2D eigenvalue weighted by atomic mass is 35.5. The van der Waals surface area contributed by atoms with E-state index in [4.69, 9.17) is 16.3 Å². The molecule has 0 spiro atoms. The number of rotatable bonds is 8.